The summed E-state index contributed by atoms with van der Waals surface area (Å²) in [7, 11) is 1.58. The van der Waals surface area contributed by atoms with Crippen molar-refractivity contribution in [3.63, 3.8) is 0 Å². The number of sulfone groups is 1. The Balaban J connectivity index is 1.90. The van der Waals surface area contributed by atoms with Crippen LogP contribution in [0.2, 0.25) is 5.02 Å². The van der Waals surface area contributed by atoms with Crippen molar-refractivity contribution in [3.8, 4) is 5.75 Å². The lowest BCUT2D eigenvalue weighted by Gasteiger charge is -2.21. The van der Waals surface area contributed by atoms with E-state index in [-0.39, 0.29) is 4.90 Å². The maximum Gasteiger partial charge on any atom is 0.244 e. The highest BCUT2D eigenvalue weighted by molar-refractivity contribution is 7.92. The number of carbonyl (C=O) groups is 1. The zero-order valence-electron chi connectivity index (χ0n) is 18.5. The van der Waals surface area contributed by atoms with Crippen molar-refractivity contribution >= 4 is 54.0 Å². The molecule has 0 aliphatic rings. The predicted molar refractivity (Wildman–Crippen MR) is 130 cm³/mol. The molecular weight excluding hydrogens is 470 g/mol. The van der Waals surface area contributed by atoms with E-state index in [0.29, 0.717) is 28.9 Å². The Morgan fingerprint density at radius 3 is 2.47 bits per heavy atom. The Morgan fingerprint density at radius 1 is 1.16 bits per heavy atom. The van der Waals surface area contributed by atoms with Gasteiger partial charge in [0, 0.05) is 11.6 Å². The van der Waals surface area contributed by atoms with Crippen molar-refractivity contribution in [3.05, 3.63) is 47.0 Å². The summed E-state index contributed by atoms with van der Waals surface area (Å²) in [6.07, 6.45) is 0.678. The first kappa shape index (κ1) is 24.4. The van der Waals surface area contributed by atoms with Crippen LogP contribution in [0.4, 0.5) is 5.13 Å². The number of ether oxygens (including phenoxy) is 1. The average Bonchev–Trinajstić information content (AvgIpc) is 3.14. The van der Waals surface area contributed by atoms with Gasteiger partial charge in [-0.05, 0) is 75.9 Å². The minimum Gasteiger partial charge on any atom is -0.497 e. The summed E-state index contributed by atoms with van der Waals surface area (Å²) in [5, 5.41) is 1.07. The first-order valence-electron chi connectivity index (χ1n) is 9.99. The summed E-state index contributed by atoms with van der Waals surface area (Å²) in [6, 6.07) is 9.64. The first-order valence-corrected chi connectivity index (χ1v) is 12.8. The topological polar surface area (TPSA) is 79.8 Å². The van der Waals surface area contributed by atoms with Crippen LogP contribution in [0.3, 0.4) is 0 Å². The number of hydrogen-bond donors (Lipinski definition) is 0. The van der Waals surface area contributed by atoms with Gasteiger partial charge in [-0.2, -0.15) is 0 Å². The second-order valence-electron chi connectivity index (χ2n) is 7.70. The van der Waals surface area contributed by atoms with Crippen molar-refractivity contribution < 1.29 is 17.9 Å². The molecule has 0 saturated carbocycles. The molecule has 0 fully saturated rings. The number of rotatable bonds is 9. The van der Waals surface area contributed by atoms with Gasteiger partial charge in [-0.3, -0.25) is 9.69 Å². The van der Waals surface area contributed by atoms with Crippen molar-refractivity contribution in [2.45, 2.75) is 18.2 Å². The van der Waals surface area contributed by atoms with E-state index in [0.717, 1.165) is 22.3 Å². The Labute approximate surface area is 197 Å². The molecule has 0 saturated heterocycles. The molecule has 2 aromatic carbocycles. The van der Waals surface area contributed by atoms with E-state index >= 15 is 0 Å². The number of aryl methyl sites for hydroxylation is 1. The molecule has 0 radical (unpaired) electrons. The van der Waals surface area contributed by atoms with Gasteiger partial charge in [-0.25, -0.2) is 13.4 Å². The second-order valence-corrected chi connectivity index (χ2v) is 11.1. The summed E-state index contributed by atoms with van der Waals surface area (Å²) in [5.74, 6) is -0.608. The summed E-state index contributed by atoms with van der Waals surface area (Å²) in [4.78, 5) is 21.4. The summed E-state index contributed by atoms with van der Waals surface area (Å²) < 4.78 is 31.7. The number of benzene rings is 2. The third kappa shape index (κ3) is 5.78. The van der Waals surface area contributed by atoms with E-state index in [4.69, 9.17) is 16.3 Å². The van der Waals surface area contributed by atoms with Crippen molar-refractivity contribution in [1.29, 1.82) is 0 Å². The summed E-state index contributed by atoms with van der Waals surface area (Å²) in [6.45, 7) is 3.02. The third-order valence-electron chi connectivity index (χ3n) is 4.89. The maximum atomic E-state index is 13.2. The van der Waals surface area contributed by atoms with Crippen LogP contribution < -0.4 is 9.64 Å². The summed E-state index contributed by atoms with van der Waals surface area (Å²) in [5.41, 5.74) is 1.67. The van der Waals surface area contributed by atoms with Crippen molar-refractivity contribution in [2.24, 2.45) is 0 Å². The second kappa shape index (κ2) is 10.2. The molecule has 0 N–H and O–H groups in total. The monoisotopic (exact) mass is 495 g/mol. The lowest BCUT2D eigenvalue weighted by atomic mass is 10.2. The van der Waals surface area contributed by atoms with Crippen molar-refractivity contribution in [1.82, 2.24) is 9.88 Å². The quantitative estimate of drug-likeness (QED) is 0.446. The molecule has 1 amide bonds. The smallest absolute Gasteiger partial charge is 0.244 e. The molecule has 0 unspecified atom stereocenters. The Morgan fingerprint density at radius 2 is 1.84 bits per heavy atom. The van der Waals surface area contributed by atoms with Crippen LogP contribution in [0.1, 0.15) is 12.0 Å². The molecule has 10 heteroatoms. The molecule has 1 heterocycles. The molecule has 0 aliphatic heterocycles. The van der Waals surface area contributed by atoms with Gasteiger partial charge in [-0.1, -0.05) is 22.9 Å². The average molecular weight is 496 g/mol. The van der Waals surface area contributed by atoms with Crippen LogP contribution in [-0.2, 0) is 14.6 Å². The number of halogens is 1. The lowest BCUT2D eigenvalue weighted by Crippen LogP contribution is -2.37. The fourth-order valence-corrected chi connectivity index (χ4v) is 5.90. The number of anilines is 1. The summed E-state index contributed by atoms with van der Waals surface area (Å²) >= 11 is 7.51. The number of hydrogen-bond acceptors (Lipinski definition) is 7. The molecule has 172 valence electrons. The van der Waals surface area contributed by atoms with Gasteiger partial charge in [0.2, 0.25) is 5.91 Å². The minimum atomic E-state index is -3.83. The fraction of sp³-hybridized carbons (Fsp3) is 0.364. The zero-order valence-corrected chi connectivity index (χ0v) is 20.9. The number of carbonyl (C=O) groups excluding carboxylic acids is 1. The van der Waals surface area contributed by atoms with Crippen molar-refractivity contribution in [2.75, 3.05) is 44.9 Å². The minimum absolute atomic E-state index is 0.0758. The SMILES string of the molecule is COc1ccc(S(=O)(=O)CC(=O)N(CCCN(C)C)c2nc3c(C)cc(Cl)cc3s2)cc1. The van der Waals surface area contributed by atoms with Crippen LogP contribution in [0, 0.1) is 6.92 Å². The highest BCUT2D eigenvalue weighted by atomic mass is 35.5. The third-order valence-corrected chi connectivity index (χ3v) is 7.75. The highest BCUT2D eigenvalue weighted by Gasteiger charge is 2.27. The molecule has 0 atom stereocenters. The Hall–Kier alpha value is -2.20. The molecule has 32 heavy (non-hydrogen) atoms. The number of fused-ring (bicyclic) bond motifs is 1. The Bertz CT molecular complexity index is 1210. The molecule has 3 aromatic rings. The van der Waals surface area contributed by atoms with Crippen LogP contribution in [0.15, 0.2) is 41.3 Å². The fourth-order valence-electron chi connectivity index (χ4n) is 3.24. The van der Waals surface area contributed by atoms with Crippen LogP contribution in [-0.4, -0.2) is 64.3 Å². The van der Waals surface area contributed by atoms with Crippen LogP contribution >= 0.6 is 22.9 Å². The van der Waals surface area contributed by atoms with Gasteiger partial charge >= 0.3 is 0 Å². The lowest BCUT2D eigenvalue weighted by molar-refractivity contribution is -0.116. The molecule has 1 aromatic heterocycles. The number of aromatic nitrogens is 1. The van der Waals surface area contributed by atoms with E-state index < -0.39 is 21.5 Å². The number of amides is 1. The van der Waals surface area contributed by atoms with E-state index in [1.54, 1.807) is 12.1 Å². The number of methoxy groups -OCH3 is 1. The standard InChI is InChI=1S/C22H26ClN3O4S2/c1-15-12-16(23)13-19-21(15)24-22(31-19)26(11-5-10-25(2)3)20(27)14-32(28,29)18-8-6-17(30-4)7-9-18/h6-9,12-13H,5,10-11,14H2,1-4H3. The molecule has 0 spiro atoms. The van der Waals surface area contributed by atoms with E-state index in [2.05, 4.69) is 4.98 Å². The molecule has 7 nitrogen and oxygen atoms in total. The molecular formula is C22H26ClN3O4S2. The zero-order chi connectivity index (χ0) is 23.5. The van der Waals surface area contributed by atoms with Gasteiger partial charge in [0.15, 0.2) is 15.0 Å². The van der Waals surface area contributed by atoms with Gasteiger partial charge in [0.25, 0.3) is 0 Å². The molecule has 3 rings (SSSR count). The maximum absolute atomic E-state index is 13.2. The van der Waals surface area contributed by atoms with Crippen LogP contribution in [0.5, 0.6) is 5.75 Å². The Kier molecular flexibility index (Phi) is 7.76. The van der Waals surface area contributed by atoms with E-state index in [1.165, 1.54) is 35.5 Å². The highest BCUT2D eigenvalue weighted by Crippen LogP contribution is 2.33. The van der Waals surface area contributed by atoms with Gasteiger partial charge in [-0.15, -0.1) is 0 Å². The van der Waals surface area contributed by atoms with Gasteiger partial charge in [0.05, 0.1) is 22.2 Å². The predicted octanol–water partition coefficient (Wildman–Crippen LogP) is 4.03. The molecule has 0 bridgehead atoms. The van der Waals surface area contributed by atoms with Gasteiger partial charge < -0.3 is 9.64 Å². The largest absolute Gasteiger partial charge is 0.497 e. The first-order chi connectivity index (χ1) is 15.1. The van der Waals surface area contributed by atoms with E-state index in [1.807, 2.05) is 38.1 Å². The normalized spacial score (nSPS) is 11.8. The number of thiazole rings is 1. The number of nitrogens with zero attached hydrogens (tertiary/aromatic N) is 3. The molecule has 0 aliphatic carbocycles. The van der Waals surface area contributed by atoms with E-state index in [9.17, 15) is 13.2 Å². The van der Waals surface area contributed by atoms with Gasteiger partial charge in [0.1, 0.15) is 11.5 Å². The van der Waals surface area contributed by atoms with Crippen LogP contribution in [0.25, 0.3) is 10.2 Å².